The summed E-state index contributed by atoms with van der Waals surface area (Å²) in [6.07, 6.45) is 1.86. The standard InChI is InChI=1S/C16H18INO4/c1-16(2,3)22-15(21)11(14(19)20)7-9-8-18-13-10(9)5-4-6-12(13)17/h4-6,8,11,18H,7H2,1-3H3,(H,19,20). The van der Waals surface area contributed by atoms with Gasteiger partial charge in [0.15, 0.2) is 5.92 Å². The van der Waals surface area contributed by atoms with E-state index in [-0.39, 0.29) is 6.42 Å². The second kappa shape index (κ2) is 6.28. The molecule has 6 heteroatoms. The highest BCUT2D eigenvalue weighted by atomic mass is 127. The van der Waals surface area contributed by atoms with E-state index in [4.69, 9.17) is 4.74 Å². The molecular formula is C16H18INO4. The molecule has 5 nitrogen and oxygen atoms in total. The molecule has 0 spiro atoms. The number of ether oxygens (including phenoxy) is 1. The zero-order valence-electron chi connectivity index (χ0n) is 12.6. The maximum atomic E-state index is 12.1. The van der Waals surface area contributed by atoms with E-state index < -0.39 is 23.5 Å². The zero-order chi connectivity index (χ0) is 16.5. The van der Waals surface area contributed by atoms with Gasteiger partial charge >= 0.3 is 11.9 Å². The fourth-order valence-electron chi connectivity index (χ4n) is 2.21. The molecule has 0 saturated carbocycles. The number of carbonyl (C=O) groups is 2. The summed E-state index contributed by atoms with van der Waals surface area (Å²) in [5.74, 6) is -3.09. The second-order valence-electron chi connectivity index (χ2n) is 6.10. The van der Waals surface area contributed by atoms with Gasteiger partial charge in [0.05, 0.1) is 5.52 Å². The molecule has 0 radical (unpaired) electrons. The average Bonchev–Trinajstić information content (AvgIpc) is 2.78. The van der Waals surface area contributed by atoms with Crippen molar-refractivity contribution in [1.29, 1.82) is 0 Å². The number of para-hydroxylation sites is 1. The lowest BCUT2D eigenvalue weighted by Gasteiger charge is -2.22. The smallest absolute Gasteiger partial charge is 0.321 e. The molecule has 2 aromatic rings. The molecule has 2 rings (SSSR count). The fourth-order valence-corrected chi connectivity index (χ4v) is 2.86. The first kappa shape index (κ1) is 16.8. The van der Waals surface area contributed by atoms with Crippen LogP contribution in [0.3, 0.4) is 0 Å². The molecule has 1 aromatic heterocycles. The lowest BCUT2D eigenvalue weighted by atomic mass is 9.98. The summed E-state index contributed by atoms with van der Waals surface area (Å²) in [6, 6.07) is 5.79. The van der Waals surface area contributed by atoms with Gasteiger partial charge in [0.1, 0.15) is 5.60 Å². The molecule has 0 aliphatic heterocycles. The summed E-state index contributed by atoms with van der Waals surface area (Å²) in [5.41, 5.74) is 1.04. The number of fused-ring (bicyclic) bond motifs is 1. The van der Waals surface area contributed by atoms with Crippen molar-refractivity contribution >= 4 is 45.4 Å². The van der Waals surface area contributed by atoms with Crippen molar-refractivity contribution in [3.63, 3.8) is 0 Å². The summed E-state index contributed by atoms with van der Waals surface area (Å²) in [5, 5.41) is 10.3. The van der Waals surface area contributed by atoms with Crippen LogP contribution in [0.25, 0.3) is 10.9 Å². The number of hydrogen-bond donors (Lipinski definition) is 2. The third kappa shape index (κ3) is 3.79. The van der Waals surface area contributed by atoms with E-state index in [9.17, 15) is 14.7 Å². The topological polar surface area (TPSA) is 79.4 Å². The van der Waals surface area contributed by atoms with E-state index in [2.05, 4.69) is 27.6 Å². The van der Waals surface area contributed by atoms with Gasteiger partial charge in [-0.2, -0.15) is 0 Å². The van der Waals surface area contributed by atoms with Gasteiger partial charge in [-0.3, -0.25) is 9.59 Å². The molecule has 0 aliphatic carbocycles. The molecule has 118 valence electrons. The monoisotopic (exact) mass is 415 g/mol. The highest BCUT2D eigenvalue weighted by Gasteiger charge is 2.32. The first-order valence-electron chi connectivity index (χ1n) is 6.89. The number of rotatable bonds is 4. The minimum Gasteiger partial charge on any atom is -0.481 e. The molecule has 1 heterocycles. The van der Waals surface area contributed by atoms with Crippen LogP contribution < -0.4 is 0 Å². The van der Waals surface area contributed by atoms with Gasteiger partial charge in [0.25, 0.3) is 0 Å². The van der Waals surface area contributed by atoms with Gasteiger partial charge in [-0.1, -0.05) is 12.1 Å². The van der Waals surface area contributed by atoms with Gasteiger partial charge in [0.2, 0.25) is 0 Å². The summed E-state index contributed by atoms with van der Waals surface area (Å²) < 4.78 is 6.26. The molecule has 22 heavy (non-hydrogen) atoms. The second-order valence-corrected chi connectivity index (χ2v) is 7.27. The molecule has 1 aromatic carbocycles. The minimum absolute atomic E-state index is 0.102. The number of carbonyl (C=O) groups excluding carboxylic acids is 1. The van der Waals surface area contributed by atoms with Crippen molar-refractivity contribution in [2.45, 2.75) is 32.8 Å². The van der Waals surface area contributed by atoms with E-state index in [1.165, 1.54) is 0 Å². The fraction of sp³-hybridized carbons (Fsp3) is 0.375. The Balaban J connectivity index is 2.29. The quantitative estimate of drug-likeness (QED) is 0.456. The number of H-pyrrole nitrogens is 1. The molecule has 0 saturated heterocycles. The van der Waals surface area contributed by atoms with Crippen LogP contribution >= 0.6 is 22.6 Å². The number of carboxylic acid groups (broad SMARTS) is 1. The SMILES string of the molecule is CC(C)(C)OC(=O)C(Cc1c[nH]c2c(I)cccc12)C(=O)O. The molecular weight excluding hydrogens is 397 g/mol. The largest absolute Gasteiger partial charge is 0.481 e. The van der Waals surface area contributed by atoms with Gasteiger partial charge in [-0.25, -0.2) is 0 Å². The summed E-state index contributed by atoms with van der Waals surface area (Å²) in [7, 11) is 0. The van der Waals surface area contributed by atoms with Gasteiger partial charge in [0, 0.05) is 15.2 Å². The van der Waals surface area contributed by atoms with E-state index >= 15 is 0 Å². The number of hydrogen-bond acceptors (Lipinski definition) is 3. The van der Waals surface area contributed by atoms with Crippen LogP contribution in [0.15, 0.2) is 24.4 Å². The highest BCUT2D eigenvalue weighted by Crippen LogP contribution is 2.26. The third-order valence-electron chi connectivity index (χ3n) is 3.16. The Hall–Kier alpha value is -1.57. The van der Waals surface area contributed by atoms with E-state index in [1.54, 1.807) is 27.0 Å². The number of benzene rings is 1. The first-order chi connectivity index (χ1) is 10.2. The van der Waals surface area contributed by atoms with Crippen molar-refractivity contribution in [2.24, 2.45) is 5.92 Å². The van der Waals surface area contributed by atoms with Crippen LogP contribution in [-0.2, 0) is 20.7 Å². The molecule has 0 amide bonds. The average molecular weight is 415 g/mol. The number of aromatic nitrogens is 1. The number of aliphatic carboxylic acids is 1. The van der Waals surface area contributed by atoms with Crippen molar-refractivity contribution in [1.82, 2.24) is 4.98 Å². The zero-order valence-corrected chi connectivity index (χ0v) is 14.8. The third-order valence-corrected chi connectivity index (χ3v) is 4.06. The van der Waals surface area contributed by atoms with Crippen LogP contribution in [0, 0.1) is 9.49 Å². The Kier molecular flexibility index (Phi) is 4.79. The van der Waals surface area contributed by atoms with Crippen molar-refractivity contribution in [3.8, 4) is 0 Å². The predicted octanol–water partition coefficient (Wildman–Crippen LogP) is 3.36. The highest BCUT2D eigenvalue weighted by molar-refractivity contribution is 14.1. The summed E-state index contributed by atoms with van der Waals surface area (Å²) in [6.45, 7) is 5.16. The summed E-state index contributed by atoms with van der Waals surface area (Å²) in [4.78, 5) is 26.7. The Bertz CT molecular complexity index is 714. The van der Waals surface area contributed by atoms with Crippen molar-refractivity contribution < 1.29 is 19.4 Å². The maximum Gasteiger partial charge on any atom is 0.321 e. The Morgan fingerprint density at radius 3 is 2.64 bits per heavy atom. The van der Waals surface area contributed by atoms with Crippen LogP contribution in [0.4, 0.5) is 0 Å². The lowest BCUT2D eigenvalue weighted by molar-refractivity contribution is -0.166. The van der Waals surface area contributed by atoms with Gasteiger partial charge in [-0.05, 0) is 61.4 Å². The van der Waals surface area contributed by atoms with Gasteiger partial charge in [-0.15, -0.1) is 0 Å². The molecule has 1 unspecified atom stereocenters. The molecule has 0 aliphatic rings. The molecule has 0 bridgehead atoms. The molecule has 1 atom stereocenters. The number of halogens is 1. The molecule has 0 fully saturated rings. The number of aromatic amines is 1. The number of nitrogens with one attached hydrogen (secondary N) is 1. The van der Waals surface area contributed by atoms with Crippen LogP contribution in [0.1, 0.15) is 26.3 Å². The van der Waals surface area contributed by atoms with Crippen molar-refractivity contribution in [2.75, 3.05) is 0 Å². The van der Waals surface area contributed by atoms with E-state index in [0.29, 0.717) is 0 Å². The molecule has 2 N–H and O–H groups in total. The van der Waals surface area contributed by atoms with E-state index in [0.717, 1.165) is 20.0 Å². The van der Waals surface area contributed by atoms with Crippen LogP contribution in [0.5, 0.6) is 0 Å². The van der Waals surface area contributed by atoms with Crippen molar-refractivity contribution in [3.05, 3.63) is 33.5 Å². The minimum atomic E-state index is -1.21. The Morgan fingerprint density at radius 1 is 1.36 bits per heavy atom. The first-order valence-corrected chi connectivity index (χ1v) is 7.97. The van der Waals surface area contributed by atoms with Gasteiger partial charge < -0.3 is 14.8 Å². The van der Waals surface area contributed by atoms with E-state index in [1.807, 2.05) is 18.2 Å². The number of esters is 1. The summed E-state index contributed by atoms with van der Waals surface area (Å²) >= 11 is 2.21. The van der Waals surface area contributed by atoms with Crippen LogP contribution in [-0.4, -0.2) is 27.6 Å². The predicted molar refractivity (Wildman–Crippen MR) is 91.7 cm³/mol. The Labute approximate surface area is 142 Å². The lowest BCUT2D eigenvalue weighted by Crippen LogP contribution is -2.33. The normalized spacial score (nSPS) is 13.1. The van der Waals surface area contributed by atoms with Crippen LogP contribution in [0.2, 0.25) is 0 Å². The Morgan fingerprint density at radius 2 is 2.05 bits per heavy atom. The number of carboxylic acids is 1. The maximum absolute atomic E-state index is 12.1.